The van der Waals surface area contributed by atoms with Crippen molar-refractivity contribution < 1.29 is 0 Å². The Morgan fingerprint density at radius 3 is 2.90 bits per heavy atom. The van der Waals surface area contributed by atoms with Gasteiger partial charge in [0.25, 0.3) is 0 Å². The maximum atomic E-state index is 3.41. The van der Waals surface area contributed by atoms with E-state index < -0.39 is 0 Å². The molecule has 1 rings (SSSR count). The van der Waals surface area contributed by atoms with E-state index in [0.717, 1.165) is 5.33 Å². The fourth-order valence-corrected chi connectivity index (χ4v) is 3.00. The van der Waals surface area contributed by atoms with E-state index >= 15 is 0 Å². The van der Waals surface area contributed by atoms with Gasteiger partial charge in [0.1, 0.15) is 0 Å². The Kier molecular flexibility index (Phi) is 3.66. The lowest BCUT2D eigenvalue weighted by atomic mass is 10.3. The smallest absolute Gasteiger partial charge is 0.0316 e. The van der Waals surface area contributed by atoms with Gasteiger partial charge in [0.2, 0.25) is 0 Å². The lowest BCUT2D eigenvalue weighted by Gasteiger charge is -1.94. The Hall–Kier alpha value is 0.400. The zero-order valence-electron chi connectivity index (χ0n) is 5.18. The molecule has 1 aromatic rings. The Morgan fingerprint density at radius 2 is 2.50 bits per heavy atom. The van der Waals surface area contributed by atoms with Crippen LogP contribution in [0.25, 0.3) is 5.57 Å². The molecule has 0 aromatic carbocycles. The summed E-state index contributed by atoms with van der Waals surface area (Å²) in [7, 11) is 0. The van der Waals surface area contributed by atoms with Crippen molar-refractivity contribution >= 4 is 48.8 Å². The zero-order chi connectivity index (χ0) is 7.40. The van der Waals surface area contributed by atoms with Gasteiger partial charge in [-0.1, -0.05) is 37.9 Å². The second-order valence-electron chi connectivity index (χ2n) is 1.75. The molecule has 1 aromatic heterocycles. The van der Waals surface area contributed by atoms with E-state index in [1.165, 1.54) is 10.5 Å². The Bertz CT molecular complexity index is 214. The lowest BCUT2D eigenvalue weighted by molar-refractivity contribution is 1.78. The predicted octanol–water partition coefficient (Wildman–Crippen LogP) is 3.88. The first-order chi connectivity index (χ1) is 4.88. The van der Waals surface area contributed by atoms with E-state index in [-0.39, 0.29) is 0 Å². The standard InChI is InChI=1S/C7H6Br2S/c8-4-6(5-9)7-2-1-3-10-7/h1-4H,5H2/b6-4+. The number of alkyl halides is 1. The molecule has 0 radical (unpaired) electrons. The molecule has 0 spiro atoms. The molecule has 0 saturated heterocycles. The van der Waals surface area contributed by atoms with Crippen LogP contribution in [0.1, 0.15) is 4.88 Å². The number of halogens is 2. The molecule has 54 valence electrons. The topological polar surface area (TPSA) is 0 Å². The summed E-state index contributed by atoms with van der Waals surface area (Å²) in [6, 6.07) is 4.16. The molecule has 1 heterocycles. The van der Waals surface area contributed by atoms with Gasteiger partial charge in [-0.3, -0.25) is 0 Å². The number of hydrogen-bond acceptors (Lipinski definition) is 1. The molecule has 0 unspecified atom stereocenters. The van der Waals surface area contributed by atoms with Gasteiger partial charge in [-0.2, -0.15) is 0 Å². The third kappa shape index (κ3) is 1.94. The van der Waals surface area contributed by atoms with Gasteiger partial charge in [-0.25, -0.2) is 0 Å². The Morgan fingerprint density at radius 1 is 1.70 bits per heavy atom. The summed E-state index contributed by atoms with van der Waals surface area (Å²) < 4.78 is 0. The van der Waals surface area contributed by atoms with E-state index in [2.05, 4.69) is 49.4 Å². The van der Waals surface area contributed by atoms with Crippen LogP contribution >= 0.6 is 43.2 Å². The summed E-state index contributed by atoms with van der Waals surface area (Å²) in [5.41, 5.74) is 1.29. The van der Waals surface area contributed by atoms with Crippen LogP contribution in [0.4, 0.5) is 0 Å². The van der Waals surface area contributed by atoms with E-state index in [4.69, 9.17) is 0 Å². The highest BCUT2D eigenvalue weighted by Crippen LogP contribution is 2.22. The van der Waals surface area contributed by atoms with Gasteiger partial charge < -0.3 is 0 Å². The fraction of sp³-hybridized carbons (Fsp3) is 0.143. The normalized spacial score (nSPS) is 12.0. The average Bonchev–Trinajstić information content (AvgIpc) is 2.43. The molecule has 3 heteroatoms. The largest absolute Gasteiger partial charge is 0.144 e. The summed E-state index contributed by atoms with van der Waals surface area (Å²) in [6.45, 7) is 0. The van der Waals surface area contributed by atoms with Crippen LogP contribution in [0, 0.1) is 0 Å². The molecular weight excluding hydrogens is 276 g/mol. The van der Waals surface area contributed by atoms with Crippen molar-refractivity contribution in [3.8, 4) is 0 Å². The van der Waals surface area contributed by atoms with Crippen LogP contribution in [-0.2, 0) is 0 Å². The minimum absolute atomic E-state index is 0.902. The molecule has 0 saturated carbocycles. The van der Waals surface area contributed by atoms with Crippen molar-refractivity contribution in [3.63, 3.8) is 0 Å². The molecule has 0 bridgehead atoms. The van der Waals surface area contributed by atoms with Crippen molar-refractivity contribution in [2.45, 2.75) is 0 Å². The first-order valence-corrected chi connectivity index (χ1v) is 5.69. The first kappa shape index (κ1) is 8.50. The number of hydrogen-bond donors (Lipinski definition) is 0. The quantitative estimate of drug-likeness (QED) is 0.722. The van der Waals surface area contributed by atoms with Crippen LogP contribution in [0.15, 0.2) is 22.5 Å². The SMILES string of the molecule is Br/C=C(\CBr)c1cccs1. The molecule has 0 N–H and O–H groups in total. The third-order valence-corrected chi connectivity index (χ3v) is 3.22. The van der Waals surface area contributed by atoms with Crippen molar-refractivity contribution in [1.82, 2.24) is 0 Å². The van der Waals surface area contributed by atoms with Crippen molar-refractivity contribution in [3.05, 3.63) is 27.4 Å². The van der Waals surface area contributed by atoms with Gasteiger partial charge in [-0.15, -0.1) is 11.3 Å². The average molecular weight is 282 g/mol. The maximum absolute atomic E-state index is 3.41. The molecule has 0 fully saturated rings. The fourth-order valence-electron chi connectivity index (χ4n) is 0.610. The Balaban J connectivity index is 2.85. The van der Waals surface area contributed by atoms with Crippen LogP contribution < -0.4 is 0 Å². The molecular formula is C7H6Br2S. The van der Waals surface area contributed by atoms with Crippen LogP contribution in [0.2, 0.25) is 0 Å². The van der Waals surface area contributed by atoms with Gasteiger partial charge >= 0.3 is 0 Å². The third-order valence-electron chi connectivity index (χ3n) is 1.11. The van der Waals surface area contributed by atoms with Gasteiger partial charge in [0.05, 0.1) is 0 Å². The molecule has 0 aliphatic heterocycles. The van der Waals surface area contributed by atoms with E-state index in [1.54, 1.807) is 11.3 Å². The molecule has 0 nitrogen and oxygen atoms in total. The molecule has 0 aliphatic rings. The monoisotopic (exact) mass is 280 g/mol. The predicted molar refractivity (Wildman–Crippen MR) is 55.0 cm³/mol. The molecule has 10 heavy (non-hydrogen) atoms. The minimum atomic E-state index is 0.902. The van der Waals surface area contributed by atoms with Crippen LogP contribution in [-0.4, -0.2) is 5.33 Å². The van der Waals surface area contributed by atoms with Gasteiger partial charge in [0, 0.05) is 10.2 Å². The summed E-state index contributed by atoms with van der Waals surface area (Å²) >= 11 is 8.47. The number of allylic oxidation sites excluding steroid dienone is 1. The zero-order valence-corrected chi connectivity index (χ0v) is 9.17. The maximum Gasteiger partial charge on any atom is 0.0316 e. The van der Waals surface area contributed by atoms with E-state index in [1.807, 2.05) is 4.99 Å². The Labute approximate surface area is 81.2 Å². The van der Waals surface area contributed by atoms with Crippen molar-refractivity contribution in [2.24, 2.45) is 0 Å². The highest BCUT2D eigenvalue weighted by atomic mass is 79.9. The molecule has 0 amide bonds. The molecule has 0 aliphatic carbocycles. The first-order valence-electron chi connectivity index (χ1n) is 2.77. The second-order valence-corrected chi connectivity index (χ2v) is 3.71. The highest BCUT2D eigenvalue weighted by Gasteiger charge is 1.97. The summed E-state index contributed by atoms with van der Waals surface area (Å²) in [4.78, 5) is 3.27. The van der Waals surface area contributed by atoms with Crippen LogP contribution in [0.5, 0.6) is 0 Å². The van der Waals surface area contributed by atoms with E-state index in [0.29, 0.717) is 0 Å². The highest BCUT2D eigenvalue weighted by molar-refractivity contribution is 9.11. The number of thiophene rings is 1. The number of rotatable bonds is 2. The second kappa shape index (κ2) is 4.31. The van der Waals surface area contributed by atoms with Crippen molar-refractivity contribution in [2.75, 3.05) is 5.33 Å². The van der Waals surface area contributed by atoms with Crippen LogP contribution in [0.3, 0.4) is 0 Å². The summed E-state index contributed by atoms with van der Waals surface area (Å²) in [5, 5.41) is 2.98. The van der Waals surface area contributed by atoms with Gasteiger partial charge in [-0.05, 0) is 22.0 Å². The van der Waals surface area contributed by atoms with Crippen molar-refractivity contribution in [1.29, 1.82) is 0 Å². The van der Waals surface area contributed by atoms with Gasteiger partial charge in [0.15, 0.2) is 0 Å². The molecule has 0 atom stereocenters. The minimum Gasteiger partial charge on any atom is -0.144 e. The summed E-state index contributed by atoms with van der Waals surface area (Å²) in [5.74, 6) is 0. The lowest BCUT2D eigenvalue weighted by Crippen LogP contribution is -1.76. The summed E-state index contributed by atoms with van der Waals surface area (Å²) in [6.07, 6.45) is 0. The van der Waals surface area contributed by atoms with E-state index in [9.17, 15) is 0 Å².